The van der Waals surface area contributed by atoms with Crippen LogP contribution in [0.15, 0.2) is 85.1 Å². The Morgan fingerprint density at radius 1 is 0.466 bits per heavy atom. The summed E-state index contributed by atoms with van der Waals surface area (Å²) in [5.41, 5.74) is 0. The molecule has 0 aromatic heterocycles. The third-order valence-corrected chi connectivity index (χ3v) is 12.4. The number of rotatable bonds is 47. The van der Waals surface area contributed by atoms with Gasteiger partial charge in [-0.2, -0.15) is 0 Å². The number of aliphatic hydroxyl groups excluding tert-OH is 2. The highest BCUT2D eigenvalue weighted by molar-refractivity contribution is 5.74. The molecule has 6 atom stereocenters. The number of allylic oxidation sites excluding steroid dienone is 14. The standard InChI is InChI=1S/C61H100O12/c1-4-7-10-13-16-19-22-25-26-27-28-31-32-35-38-41-44-47-53(62)69-50-52(71-54(63)48-45-42-39-36-33-29-23-20-17-14-11-8-5-2)51-70-61-59(57(66)56(65)58(73-61)60(67)68)72-55(64)49-46-43-40-37-34-30-24-21-18-15-12-9-6-3/h7,9-10,12,16,18-21,23,25-26,30,34,52,56-59,61,65-66H,4-6,8,11,13-15,17,22,24,27-29,31-33,35-51H2,1-3H3,(H,67,68)/b10-7-,12-9-,19-16-,21-18-,23-20-,26-25-,34-30-. The SMILES string of the molecule is CC/C=C\C/C=C\C/C=C\CCCCCCCCCC(=O)OCC(COC1OC(C(=O)O)C(O)C(O)C1OC(=O)CCCCC/C=C\C/C=C\C/C=C\CC)OC(=O)CCCCCCC/C=C\CCCCCC. The maximum absolute atomic E-state index is 13.1. The zero-order valence-electron chi connectivity index (χ0n) is 45.6. The van der Waals surface area contributed by atoms with E-state index < -0.39 is 67.3 Å². The molecule has 0 amide bonds. The predicted octanol–water partition coefficient (Wildman–Crippen LogP) is 14.3. The fraction of sp³-hybridized carbons (Fsp3) is 0.705. The van der Waals surface area contributed by atoms with Gasteiger partial charge in [-0.1, -0.05) is 183 Å². The highest BCUT2D eigenvalue weighted by atomic mass is 16.7. The third-order valence-electron chi connectivity index (χ3n) is 12.4. The number of aliphatic carboxylic acids is 1. The van der Waals surface area contributed by atoms with E-state index in [9.17, 15) is 34.5 Å². The zero-order valence-corrected chi connectivity index (χ0v) is 45.6. The molecular weight excluding hydrogens is 925 g/mol. The van der Waals surface area contributed by atoms with Gasteiger partial charge in [0.1, 0.15) is 18.8 Å². The van der Waals surface area contributed by atoms with Gasteiger partial charge in [-0.15, -0.1) is 0 Å². The van der Waals surface area contributed by atoms with E-state index in [1.165, 1.54) is 32.1 Å². The Bertz CT molecular complexity index is 1590. The minimum atomic E-state index is -1.92. The van der Waals surface area contributed by atoms with Gasteiger partial charge < -0.3 is 39.0 Å². The van der Waals surface area contributed by atoms with Gasteiger partial charge >= 0.3 is 23.9 Å². The predicted molar refractivity (Wildman–Crippen MR) is 294 cm³/mol. The van der Waals surface area contributed by atoms with Crippen LogP contribution in [0.25, 0.3) is 0 Å². The number of esters is 3. The zero-order chi connectivity index (χ0) is 53.3. The summed E-state index contributed by atoms with van der Waals surface area (Å²) in [5.74, 6) is -3.19. The second-order valence-corrected chi connectivity index (χ2v) is 19.2. The van der Waals surface area contributed by atoms with Gasteiger partial charge in [0.15, 0.2) is 24.6 Å². The number of carboxylic acid groups (broad SMARTS) is 1. The van der Waals surface area contributed by atoms with E-state index in [1.54, 1.807) is 0 Å². The molecule has 416 valence electrons. The van der Waals surface area contributed by atoms with Crippen molar-refractivity contribution in [1.29, 1.82) is 0 Å². The summed E-state index contributed by atoms with van der Waals surface area (Å²) in [4.78, 5) is 51.0. The highest BCUT2D eigenvalue weighted by Gasteiger charge is 2.50. The first-order valence-electron chi connectivity index (χ1n) is 28.6. The van der Waals surface area contributed by atoms with E-state index >= 15 is 0 Å². The second kappa shape index (κ2) is 48.8. The van der Waals surface area contributed by atoms with Gasteiger partial charge in [-0.05, 0) is 109 Å². The van der Waals surface area contributed by atoms with Crippen LogP contribution in [0, 0.1) is 0 Å². The Kier molecular flexibility index (Phi) is 44.7. The first-order chi connectivity index (χ1) is 35.6. The van der Waals surface area contributed by atoms with Gasteiger partial charge in [0.2, 0.25) is 0 Å². The second-order valence-electron chi connectivity index (χ2n) is 19.2. The van der Waals surface area contributed by atoms with Crippen LogP contribution in [0.1, 0.15) is 226 Å². The van der Waals surface area contributed by atoms with E-state index in [2.05, 4.69) is 106 Å². The number of ether oxygens (including phenoxy) is 5. The monoisotopic (exact) mass is 1020 g/mol. The number of hydrogen-bond donors (Lipinski definition) is 3. The molecule has 0 aromatic rings. The maximum atomic E-state index is 13.1. The smallest absolute Gasteiger partial charge is 0.335 e. The molecule has 0 aliphatic carbocycles. The van der Waals surface area contributed by atoms with E-state index in [-0.39, 0.29) is 25.9 Å². The van der Waals surface area contributed by atoms with Crippen molar-refractivity contribution < 1.29 is 58.2 Å². The van der Waals surface area contributed by atoms with Crippen molar-refractivity contribution in [3.05, 3.63) is 85.1 Å². The number of hydrogen-bond acceptors (Lipinski definition) is 11. The lowest BCUT2D eigenvalue weighted by Gasteiger charge is -2.40. The van der Waals surface area contributed by atoms with Crippen LogP contribution in [0.5, 0.6) is 0 Å². The number of aliphatic hydroxyl groups is 2. The number of carbonyl (C=O) groups is 4. The molecule has 0 spiro atoms. The molecule has 0 aromatic carbocycles. The Morgan fingerprint density at radius 3 is 1.34 bits per heavy atom. The lowest BCUT2D eigenvalue weighted by molar-refractivity contribution is -0.301. The van der Waals surface area contributed by atoms with Crippen LogP contribution in [0.2, 0.25) is 0 Å². The third kappa shape index (κ3) is 39.0. The molecule has 6 unspecified atom stereocenters. The summed E-state index contributed by atoms with van der Waals surface area (Å²) < 4.78 is 28.3. The van der Waals surface area contributed by atoms with E-state index in [0.717, 1.165) is 135 Å². The largest absolute Gasteiger partial charge is 0.479 e. The molecule has 1 saturated heterocycles. The van der Waals surface area contributed by atoms with Crippen LogP contribution in [-0.4, -0.2) is 89.2 Å². The van der Waals surface area contributed by atoms with Crippen LogP contribution >= 0.6 is 0 Å². The Labute approximate surface area is 441 Å². The number of carboxylic acids is 1. The summed E-state index contributed by atoms with van der Waals surface area (Å²) in [7, 11) is 0. The summed E-state index contributed by atoms with van der Waals surface area (Å²) in [5, 5.41) is 31.4. The van der Waals surface area contributed by atoms with Gasteiger partial charge in [-0.3, -0.25) is 14.4 Å². The van der Waals surface area contributed by atoms with Crippen molar-refractivity contribution in [2.75, 3.05) is 13.2 Å². The Balaban J connectivity index is 2.72. The number of carbonyl (C=O) groups excluding carboxylic acids is 3. The molecule has 1 heterocycles. The summed E-state index contributed by atoms with van der Waals surface area (Å²) in [6, 6.07) is 0. The molecule has 12 nitrogen and oxygen atoms in total. The van der Waals surface area contributed by atoms with Crippen molar-refractivity contribution >= 4 is 23.9 Å². The molecule has 1 fully saturated rings. The molecule has 73 heavy (non-hydrogen) atoms. The first-order valence-corrected chi connectivity index (χ1v) is 28.6. The number of unbranched alkanes of at least 4 members (excludes halogenated alkanes) is 19. The molecule has 0 radical (unpaired) electrons. The highest BCUT2D eigenvalue weighted by Crippen LogP contribution is 2.26. The van der Waals surface area contributed by atoms with Crippen LogP contribution in [0.3, 0.4) is 0 Å². The Hall–Kier alpha value is -4.10. The summed E-state index contributed by atoms with van der Waals surface area (Å²) >= 11 is 0. The first kappa shape index (κ1) is 66.9. The molecule has 0 saturated carbocycles. The topological polar surface area (TPSA) is 175 Å². The molecule has 1 rings (SSSR count). The fourth-order valence-corrected chi connectivity index (χ4v) is 8.10. The van der Waals surface area contributed by atoms with Gasteiger partial charge in [0.25, 0.3) is 0 Å². The van der Waals surface area contributed by atoms with Crippen LogP contribution < -0.4 is 0 Å². The molecular formula is C61H100O12. The van der Waals surface area contributed by atoms with E-state index in [1.807, 2.05) is 0 Å². The fourth-order valence-electron chi connectivity index (χ4n) is 8.10. The van der Waals surface area contributed by atoms with Gasteiger partial charge in [0, 0.05) is 19.3 Å². The average Bonchev–Trinajstić information content (AvgIpc) is 3.37. The van der Waals surface area contributed by atoms with E-state index in [4.69, 9.17) is 23.7 Å². The van der Waals surface area contributed by atoms with Crippen molar-refractivity contribution in [2.24, 2.45) is 0 Å². The maximum Gasteiger partial charge on any atom is 0.335 e. The quantitative estimate of drug-likeness (QED) is 0.0228. The average molecular weight is 1030 g/mol. The molecule has 1 aliphatic rings. The molecule has 3 N–H and O–H groups in total. The van der Waals surface area contributed by atoms with E-state index in [0.29, 0.717) is 19.3 Å². The molecule has 12 heteroatoms. The molecule has 0 bridgehead atoms. The van der Waals surface area contributed by atoms with Crippen molar-refractivity contribution in [3.63, 3.8) is 0 Å². The normalized spacial score (nSPS) is 18.9. The van der Waals surface area contributed by atoms with Crippen molar-refractivity contribution in [2.45, 2.75) is 263 Å². The lowest BCUT2D eigenvalue weighted by atomic mass is 9.98. The van der Waals surface area contributed by atoms with Crippen LogP contribution in [-0.2, 0) is 42.9 Å². The summed E-state index contributed by atoms with van der Waals surface area (Å²) in [6.07, 6.45) is 49.9. The van der Waals surface area contributed by atoms with Crippen LogP contribution in [0.4, 0.5) is 0 Å². The summed E-state index contributed by atoms with van der Waals surface area (Å²) in [6.45, 7) is 5.71. The minimum absolute atomic E-state index is 0.0206. The lowest BCUT2D eigenvalue weighted by Crippen LogP contribution is -2.61. The molecule has 1 aliphatic heterocycles. The van der Waals surface area contributed by atoms with Crippen molar-refractivity contribution in [1.82, 2.24) is 0 Å². The van der Waals surface area contributed by atoms with Gasteiger partial charge in [0.05, 0.1) is 6.61 Å². The minimum Gasteiger partial charge on any atom is -0.479 e. The Morgan fingerprint density at radius 2 is 0.863 bits per heavy atom. The van der Waals surface area contributed by atoms with Crippen molar-refractivity contribution in [3.8, 4) is 0 Å². The van der Waals surface area contributed by atoms with Gasteiger partial charge in [-0.25, -0.2) is 4.79 Å².